The van der Waals surface area contributed by atoms with Gasteiger partial charge >= 0.3 is 11.7 Å². The molecule has 1 aliphatic rings. The highest BCUT2D eigenvalue weighted by Gasteiger charge is 2.18. The molecular formula is C21H25FN6+2. The van der Waals surface area contributed by atoms with Crippen molar-refractivity contribution in [2.24, 2.45) is 5.73 Å². The van der Waals surface area contributed by atoms with Gasteiger partial charge in [-0.25, -0.2) is 4.39 Å². The van der Waals surface area contributed by atoms with Crippen molar-refractivity contribution in [3.63, 3.8) is 0 Å². The fourth-order valence-electron chi connectivity index (χ4n) is 3.65. The van der Waals surface area contributed by atoms with Gasteiger partial charge in [0.25, 0.3) is 0 Å². The van der Waals surface area contributed by atoms with Crippen molar-refractivity contribution < 1.29 is 14.8 Å². The van der Waals surface area contributed by atoms with E-state index in [2.05, 4.69) is 20.1 Å². The topological polar surface area (TPSA) is 97.5 Å². The minimum Gasteiger partial charge on any atom is -0.291 e. The fraction of sp³-hybridized carbons (Fsp3) is 0.286. The van der Waals surface area contributed by atoms with E-state index in [1.54, 1.807) is 12.1 Å². The standard InChI is InChI=1S/C21H23FN6/c22-16-7-4-14(5-8-16)20-17-12-15(6-9-18(17)26-27-20)21(24)25-19(23)13-28-10-2-1-3-11-28/h4-9,12H,1-3,10-11,13H2,(H,26,27)(H3,23,24,25)/p+2. The summed E-state index contributed by atoms with van der Waals surface area (Å²) in [5.74, 6) is 0.874. The number of piperidine rings is 1. The van der Waals surface area contributed by atoms with Gasteiger partial charge in [0.05, 0.1) is 16.8 Å². The number of hydrogen-bond acceptors (Lipinski definition) is 2. The van der Waals surface area contributed by atoms with Crippen LogP contribution in [0, 0.1) is 5.82 Å². The normalized spacial score (nSPS) is 15.8. The van der Waals surface area contributed by atoms with Crippen molar-refractivity contribution in [1.29, 1.82) is 0 Å². The highest BCUT2D eigenvalue weighted by atomic mass is 19.1. The first kappa shape index (κ1) is 18.3. The summed E-state index contributed by atoms with van der Waals surface area (Å²) in [5, 5.41) is 14.6. The number of nitrogens with one attached hydrogen (secondary N) is 2. The third kappa shape index (κ3) is 3.94. The van der Waals surface area contributed by atoms with Crippen LogP contribution in [0.2, 0.25) is 0 Å². The molecule has 6 N–H and O–H groups in total. The summed E-state index contributed by atoms with van der Waals surface area (Å²) in [6.07, 6.45) is 3.73. The smallest absolute Gasteiger partial charge is 0.291 e. The third-order valence-electron chi connectivity index (χ3n) is 5.13. The lowest BCUT2D eigenvalue weighted by Gasteiger charge is -2.23. The Bertz CT molecular complexity index is 1020. The molecule has 0 atom stereocenters. The van der Waals surface area contributed by atoms with Crippen LogP contribution in [0.4, 0.5) is 4.39 Å². The van der Waals surface area contributed by atoms with E-state index in [9.17, 15) is 4.39 Å². The Morgan fingerprint density at radius 3 is 2.64 bits per heavy atom. The first-order chi connectivity index (χ1) is 13.6. The molecule has 3 aromatic rings. The number of H-pyrrole nitrogens is 1. The highest BCUT2D eigenvalue weighted by Crippen LogP contribution is 2.26. The summed E-state index contributed by atoms with van der Waals surface area (Å²) >= 11 is 0. The third-order valence-corrected chi connectivity index (χ3v) is 5.13. The molecule has 0 spiro atoms. The SMILES string of the molecule is NC(CN1CCCCC1)=[NH+]C(=[NH2+])c1ccc2[nH]nc(-c3ccc(F)cc3)c2c1. The minimum atomic E-state index is -0.272. The summed E-state index contributed by atoms with van der Waals surface area (Å²) in [5.41, 5.74) is 9.50. The summed E-state index contributed by atoms with van der Waals surface area (Å²) in [7, 11) is 0. The lowest BCUT2D eigenvalue weighted by Crippen LogP contribution is -2.87. The van der Waals surface area contributed by atoms with Gasteiger partial charge < -0.3 is 0 Å². The lowest BCUT2D eigenvalue weighted by molar-refractivity contribution is -0.374. The Kier molecular flexibility index (Phi) is 5.16. The largest absolute Gasteiger partial charge is 0.336 e. The number of likely N-dealkylation sites (tertiary alicyclic amines) is 1. The number of halogens is 1. The minimum absolute atomic E-state index is 0.272. The maximum absolute atomic E-state index is 13.2. The molecule has 1 aromatic heterocycles. The van der Waals surface area contributed by atoms with E-state index in [0.29, 0.717) is 18.2 Å². The summed E-state index contributed by atoms with van der Waals surface area (Å²) < 4.78 is 13.2. The second-order valence-electron chi connectivity index (χ2n) is 7.24. The maximum atomic E-state index is 13.2. The van der Waals surface area contributed by atoms with Crippen molar-refractivity contribution >= 4 is 22.6 Å². The van der Waals surface area contributed by atoms with Gasteiger partial charge in [0, 0.05) is 10.9 Å². The van der Waals surface area contributed by atoms with Crippen LogP contribution >= 0.6 is 0 Å². The molecule has 1 saturated heterocycles. The average molecular weight is 380 g/mol. The Morgan fingerprint density at radius 1 is 1.14 bits per heavy atom. The monoisotopic (exact) mass is 380 g/mol. The molecule has 7 heteroatoms. The molecule has 2 aromatic carbocycles. The van der Waals surface area contributed by atoms with Crippen LogP contribution < -0.4 is 16.1 Å². The summed E-state index contributed by atoms with van der Waals surface area (Å²) in [4.78, 5) is 5.47. The second kappa shape index (κ2) is 7.90. The number of nitrogens with two attached hydrogens (primary N) is 2. The molecule has 28 heavy (non-hydrogen) atoms. The number of aromatic nitrogens is 2. The molecule has 0 bridgehead atoms. The number of benzene rings is 2. The number of fused-ring (bicyclic) bond motifs is 1. The molecule has 4 rings (SSSR count). The van der Waals surface area contributed by atoms with E-state index >= 15 is 0 Å². The Balaban J connectivity index is 1.58. The highest BCUT2D eigenvalue weighted by molar-refractivity contribution is 5.99. The molecule has 6 nitrogen and oxygen atoms in total. The van der Waals surface area contributed by atoms with Crippen LogP contribution in [0.1, 0.15) is 24.8 Å². The molecule has 0 saturated carbocycles. The first-order valence-corrected chi connectivity index (χ1v) is 9.58. The zero-order chi connectivity index (χ0) is 19.5. The number of amidine groups is 2. The van der Waals surface area contributed by atoms with Crippen molar-refractivity contribution in [1.82, 2.24) is 15.1 Å². The van der Waals surface area contributed by atoms with Gasteiger partial charge in [-0.2, -0.15) is 10.1 Å². The predicted octanol–water partition coefficient (Wildman–Crippen LogP) is -0.202. The Hall–Kier alpha value is -3.06. The molecule has 2 heterocycles. The van der Waals surface area contributed by atoms with Crippen LogP contribution in [0.25, 0.3) is 22.2 Å². The number of aromatic amines is 1. The Morgan fingerprint density at radius 2 is 1.89 bits per heavy atom. The Labute approximate surface area is 162 Å². The van der Waals surface area contributed by atoms with Crippen molar-refractivity contribution in [3.05, 3.63) is 53.8 Å². The van der Waals surface area contributed by atoms with E-state index in [-0.39, 0.29) is 5.82 Å². The molecule has 0 unspecified atom stereocenters. The quantitative estimate of drug-likeness (QED) is 0.373. The van der Waals surface area contributed by atoms with E-state index in [0.717, 1.165) is 40.8 Å². The molecule has 0 radical (unpaired) electrons. The van der Waals surface area contributed by atoms with Gasteiger partial charge in [-0.1, -0.05) is 6.42 Å². The second-order valence-corrected chi connectivity index (χ2v) is 7.24. The van der Waals surface area contributed by atoms with E-state index < -0.39 is 0 Å². The van der Waals surface area contributed by atoms with E-state index in [4.69, 9.17) is 11.1 Å². The zero-order valence-corrected chi connectivity index (χ0v) is 15.7. The molecule has 0 aliphatic carbocycles. The average Bonchev–Trinajstić information content (AvgIpc) is 3.12. The number of rotatable bonds is 4. The maximum Gasteiger partial charge on any atom is 0.336 e. The van der Waals surface area contributed by atoms with Crippen LogP contribution in [0.15, 0.2) is 42.5 Å². The first-order valence-electron chi connectivity index (χ1n) is 9.58. The molecule has 0 amide bonds. The van der Waals surface area contributed by atoms with Gasteiger partial charge in [0.15, 0.2) is 0 Å². The van der Waals surface area contributed by atoms with Gasteiger partial charge in [-0.3, -0.25) is 21.1 Å². The van der Waals surface area contributed by atoms with Crippen LogP contribution in [0.5, 0.6) is 0 Å². The number of hydrogen-bond donors (Lipinski definition) is 4. The lowest BCUT2D eigenvalue weighted by atomic mass is 10.1. The van der Waals surface area contributed by atoms with Crippen molar-refractivity contribution in [3.8, 4) is 11.3 Å². The van der Waals surface area contributed by atoms with Gasteiger partial charge in [0.1, 0.15) is 12.4 Å². The van der Waals surface area contributed by atoms with Crippen LogP contribution in [-0.4, -0.2) is 46.4 Å². The molecule has 1 fully saturated rings. The van der Waals surface area contributed by atoms with E-state index in [1.807, 2.05) is 18.2 Å². The van der Waals surface area contributed by atoms with Gasteiger partial charge in [0.2, 0.25) is 0 Å². The molecular weight excluding hydrogens is 355 g/mol. The van der Waals surface area contributed by atoms with Gasteiger partial charge in [-0.15, -0.1) is 0 Å². The van der Waals surface area contributed by atoms with Crippen molar-refractivity contribution in [2.45, 2.75) is 19.3 Å². The summed E-state index contributed by atoms with van der Waals surface area (Å²) in [6.45, 7) is 2.84. The van der Waals surface area contributed by atoms with E-state index in [1.165, 1.54) is 31.4 Å². The number of nitrogens with zero attached hydrogens (tertiary/aromatic N) is 2. The van der Waals surface area contributed by atoms with Crippen LogP contribution in [0.3, 0.4) is 0 Å². The molecule has 1 aliphatic heterocycles. The van der Waals surface area contributed by atoms with Crippen molar-refractivity contribution in [2.75, 3.05) is 19.6 Å². The summed E-state index contributed by atoms with van der Waals surface area (Å²) in [6, 6.07) is 12.1. The molecule has 144 valence electrons. The van der Waals surface area contributed by atoms with Crippen LogP contribution in [-0.2, 0) is 0 Å². The fourth-order valence-corrected chi connectivity index (χ4v) is 3.65. The van der Waals surface area contributed by atoms with Gasteiger partial charge in [-0.05, 0) is 68.4 Å². The zero-order valence-electron chi connectivity index (χ0n) is 15.7. The predicted molar refractivity (Wildman–Crippen MR) is 108 cm³/mol.